The standard InChI is InChI=1S/C20H31N/c1-3-15-5-8-17(9-6-15)20-13-16(4-2)7-10-18(20)14-21-19-11-12-19/h5-6,8-9,16,18-21H,3-4,7,10-14H2,1-2H3. The smallest absolute Gasteiger partial charge is 0.00683 e. The largest absolute Gasteiger partial charge is 0.314 e. The minimum absolute atomic E-state index is 0.779. The van der Waals surface area contributed by atoms with Gasteiger partial charge in [0.15, 0.2) is 0 Å². The predicted octanol–water partition coefficient (Wildman–Crippen LogP) is 4.91. The van der Waals surface area contributed by atoms with Crippen LogP contribution >= 0.6 is 0 Å². The predicted molar refractivity (Wildman–Crippen MR) is 90.7 cm³/mol. The number of rotatable bonds is 6. The molecule has 116 valence electrons. The minimum atomic E-state index is 0.779. The average Bonchev–Trinajstić information content (AvgIpc) is 3.37. The van der Waals surface area contributed by atoms with E-state index < -0.39 is 0 Å². The number of nitrogens with one attached hydrogen (secondary N) is 1. The van der Waals surface area contributed by atoms with Crippen molar-refractivity contribution in [2.45, 2.75) is 70.8 Å². The zero-order chi connectivity index (χ0) is 14.7. The molecule has 0 bridgehead atoms. The van der Waals surface area contributed by atoms with Gasteiger partial charge in [0, 0.05) is 6.04 Å². The summed E-state index contributed by atoms with van der Waals surface area (Å²) in [7, 11) is 0. The van der Waals surface area contributed by atoms with Crippen LogP contribution in [0.5, 0.6) is 0 Å². The van der Waals surface area contributed by atoms with E-state index in [1.54, 1.807) is 5.56 Å². The topological polar surface area (TPSA) is 12.0 Å². The molecule has 3 atom stereocenters. The summed E-state index contributed by atoms with van der Waals surface area (Å²) in [5.41, 5.74) is 3.06. The molecule has 0 saturated heterocycles. The fraction of sp³-hybridized carbons (Fsp3) is 0.700. The minimum Gasteiger partial charge on any atom is -0.314 e. The van der Waals surface area contributed by atoms with Crippen molar-refractivity contribution in [1.29, 1.82) is 0 Å². The quantitative estimate of drug-likeness (QED) is 0.783. The third-order valence-electron chi connectivity index (χ3n) is 5.74. The van der Waals surface area contributed by atoms with Crippen LogP contribution < -0.4 is 5.32 Å². The van der Waals surface area contributed by atoms with Crippen LogP contribution in [0.2, 0.25) is 0 Å². The van der Waals surface area contributed by atoms with Crippen LogP contribution in [0, 0.1) is 11.8 Å². The Kier molecular flexibility index (Phi) is 5.00. The second kappa shape index (κ2) is 6.96. The van der Waals surface area contributed by atoms with Crippen LogP contribution in [-0.4, -0.2) is 12.6 Å². The van der Waals surface area contributed by atoms with Crippen LogP contribution in [0.25, 0.3) is 0 Å². The van der Waals surface area contributed by atoms with E-state index >= 15 is 0 Å². The van der Waals surface area contributed by atoms with E-state index in [1.807, 2.05) is 0 Å². The summed E-state index contributed by atoms with van der Waals surface area (Å²) < 4.78 is 0. The lowest BCUT2D eigenvalue weighted by molar-refractivity contribution is 0.225. The number of hydrogen-bond donors (Lipinski definition) is 1. The Labute approximate surface area is 130 Å². The summed E-state index contributed by atoms with van der Waals surface area (Å²) in [4.78, 5) is 0. The number of hydrogen-bond acceptors (Lipinski definition) is 1. The summed E-state index contributed by atoms with van der Waals surface area (Å²) in [6.07, 6.45) is 9.57. The third kappa shape index (κ3) is 3.88. The Hall–Kier alpha value is -0.820. The molecular formula is C20H31N. The molecule has 21 heavy (non-hydrogen) atoms. The van der Waals surface area contributed by atoms with Gasteiger partial charge in [-0.25, -0.2) is 0 Å². The van der Waals surface area contributed by atoms with Crippen molar-refractivity contribution in [2.24, 2.45) is 11.8 Å². The number of aryl methyl sites for hydroxylation is 1. The fourth-order valence-corrected chi connectivity index (χ4v) is 3.95. The highest BCUT2D eigenvalue weighted by molar-refractivity contribution is 5.26. The van der Waals surface area contributed by atoms with Gasteiger partial charge in [-0.2, -0.15) is 0 Å². The first-order valence-electron chi connectivity index (χ1n) is 9.12. The van der Waals surface area contributed by atoms with E-state index in [9.17, 15) is 0 Å². The summed E-state index contributed by atoms with van der Waals surface area (Å²) in [6.45, 7) is 5.84. The van der Waals surface area contributed by atoms with Gasteiger partial charge in [-0.05, 0) is 67.5 Å². The fourth-order valence-electron chi connectivity index (χ4n) is 3.95. The van der Waals surface area contributed by atoms with E-state index in [4.69, 9.17) is 0 Å². The van der Waals surface area contributed by atoms with Crippen LogP contribution in [-0.2, 0) is 6.42 Å². The van der Waals surface area contributed by atoms with Gasteiger partial charge in [-0.1, -0.05) is 51.0 Å². The highest BCUT2D eigenvalue weighted by Gasteiger charge is 2.32. The molecule has 0 aliphatic heterocycles. The molecule has 3 rings (SSSR count). The molecule has 1 aromatic carbocycles. The molecule has 1 nitrogen and oxygen atoms in total. The van der Waals surface area contributed by atoms with E-state index in [0.717, 1.165) is 30.2 Å². The molecule has 0 amide bonds. The summed E-state index contributed by atoms with van der Waals surface area (Å²) in [5, 5.41) is 3.78. The van der Waals surface area contributed by atoms with E-state index in [0.29, 0.717) is 0 Å². The number of benzene rings is 1. The van der Waals surface area contributed by atoms with Gasteiger partial charge in [0.1, 0.15) is 0 Å². The zero-order valence-corrected chi connectivity index (χ0v) is 13.8. The second-order valence-corrected chi connectivity index (χ2v) is 7.23. The van der Waals surface area contributed by atoms with Crippen LogP contribution in [0.15, 0.2) is 24.3 Å². The highest BCUT2D eigenvalue weighted by atomic mass is 14.9. The Morgan fingerprint density at radius 3 is 2.38 bits per heavy atom. The Morgan fingerprint density at radius 1 is 1.00 bits per heavy atom. The molecule has 2 aliphatic rings. The monoisotopic (exact) mass is 285 g/mol. The molecule has 0 aromatic heterocycles. The normalized spacial score (nSPS) is 29.5. The first-order chi connectivity index (χ1) is 10.3. The zero-order valence-electron chi connectivity index (χ0n) is 13.8. The van der Waals surface area contributed by atoms with Crippen LogP contribution in [0.3, 0.4) is 0 Å². The summed E-state index contributed by atoms with van der Waals surface area (Å²) >= 11 is 0. The molecule has 2 saturated carbocycles. The second-order valence-electron chi connectivity index (χ2n) is 7.23. The third-order valence-corrected chi connectivity index (χ3v) is 5.74. The Balaban J connectivity index is 1.70. The molecule has 1 N–H and O–H groups in total. The van der Waals surface area contributed by atoms with Gasteiger partial charge in [-0.15, -0.1) is 0 Å². The molecule has 2 aliphatic carbocycles. The molecular weight excluding hydrogens is 254 g/mol. The van der Waals surface area contributed by atoms with Gasteiger partial charge in [0.2, 0.25) is 0 Å². The van der Waals surface area contributed by atoms with Crippen molar-refractivity contribution in [1.82, 2.24) is 5.32 Å². The van der Waals surface area contributed by atoms with Gasteiger partial charge in [0.05, 0.1) is 0 Å². The van der Waals surface area contributed by atoms with E-state index in [2.05, 4.69) is 43.4 Å². The summed E-state index contributed by atoms with van der Waals surface area (Å²) in [6, 6.07) is 10.3. The van der Waals surface area contributed by atoms with Gasteiger partial charge < -0.3 is 5.32 Å². The maximum absolute atomic E-state index is 3.78. The van der Waals surface area contributed by atoms with E-state index in [1.165, 1.54) is 50.6 Å². The van der Waals surface area contributed by atoms with Crippen molar-refractivity contribution in [3.63, 3.8) is 0 Å². The van der Waals surface area contributed by atoms with Crippen molar-refractivity contribution in [3.8, 4) is 0 Å². The molecule has 2 fully saturated rings. The van der Waals surface area contributed by atoms with Gasteiger partial charge in [0.25, 0.3) is 0 Å². The van der Waals surface area contributed by atoms with Gasteiger partial charge in [-0.3, -0.25) is 0 Å². The van der Waals surface area contributed by atoms with Crippen LogP contribution in [0.1, 0.15) is 69.4 Å². The molecule has 1 aromatic rings. The first kappa shape index (κ1) is 15.1. The SMILES string of the molecule is CCc1ccc(C2CC(CC)CCC2CNC2CC2)cc1. The van der Waals surface area contributed by atoms with Gasteiger partial charge >= 0.3 is 0 Å². The molecule has 0 heterocycles. The Morgan fingerprint density at radius 2 is 1.76 bits per heavy atom. The maximum atomic E-state index is 3.78. The first-order valence-corrected chi connectivity index (χ1v) is 9.12. The molecule has 0 radical (unpaired) electrons. The van der Waals surface area contributed by atoms with Crippen molar-refractivity contribution in [2.75, 3.05) is 6.54 Å². The molecule has 0 spiro atoms. The summed E-state index contributed by atoms with van der Waals surface area (Å²) in [5.74, 6) is 2.57. The lowest BCUT2D eigenvalue weighted by Crippen LogP contribution is -2.33. The maximum Gasteiger partial charge on any atom is 0.00683 e. The molecule has 3 unspecified atom stereocenters. The van der Waals surface area contributed by atoms with Crippen molar-refractivity contribution >= 4 is 0 Å². The van der Waals surface area contributed by atoms with Crippen LogP contribution in [0.4, 0.5) is 0 Å². The highest BCUT2D eigenvalue weighted by Crippen LogP contribution is 2.41. The average molecular weight is 285 g/mol. The Bertz CT molecular complexity index is 432. The van der Waals surface area contributed by atoms with E-state index in [-0.39, 0.29) is 0 Å². The lowest BCUT2D eigenvalue weighted by Gasteiger charge is -2.36. The van der Waals surface area contributed by atoms with Crippen molar-refractivity contribution in [3.05, 3.63) is 35.4 Å². The molecule has 1 heteroatoms. The van der Waals surface area contributed by atoms with Crippen molar-refractivity contribution < 1.29 is 0 Å². The lowest BCUT2D eigenvalue weighted by atomic mass is 9.70.